The molecule has 2 heterocycles. The number of carbonyl (C=O) groups excluding carboxylic acids is 1. The van der Waals surface area contributed by atoms with Crippen LogP contribution in [0.1, 0.15) is 16.3 Å². The molecule has 0 aliphatic heterocycles. The molecule has 0 spiro atoms. The highest BCUT2D eigenvalue weighted by Crippen LogP contribution is 2.36. The van der Waals surface area contributed by atoms with Gasteiger partial charge in [-0.3, -0.25) is 4.79 Å². The third-order valence-electron chi connectivity index (χ3n) is 3.95. The fraction of sp³-hybridized carbons (Fsp3) is 0. The van der Waals surface area contributed by atoms with E-state index in [0.717, 1.165) is 22.0 Å². The lowest BCUT2D eigenvalue weighted by molar-refractivity contribution is 0.0951. The van der Waals surface area contributed by atoms with E-state index in [4.69, 9.17) is 11.6 Å². The van der Waals surface area contributed by atoms with Crippen LogP contribution in [0.15, 0.2) is 66.0 Å². The van der Waals surface area contributed by atoms with Crippen LogP contribution in [0.25, 0.3) is 22.0 Å². The van der Waals surface area contributed by atoms with Gasteiger partial charge in [-0.15, -0.1) is 0 Å². The van der Waals surface area contributed by atoms with Gasteiger partial charge in [0.2, 0.25) is 0 Å². The summed E-state index contributed by atoms with van der Waals surface area (Å²) in [5.41, 5.74) is 5.30. The summed E-state index contributed by atoms with van der Waals surface area (Å²) in [6, 6.07) is 15.1. The van der Waals surface area contributed by atoms with Gasteiger partial charge in [0.1, 0.15) is 11.5 Å². The van der Waals surface area contributed by atoms with Gasteiger partial charge in [-0.05, 0) is 12.1 Å². The molecule has 0 aliphatic carbocycles. The highest BCUT2D eigenvalue weighted by atomic mass is 35.5. The van der Waals surface area contributed by atoms with E-state index in [1.165, 1.54) is 6.21 Å². The first-order chi connectivity index (χ1) is 12.7. The van der Waals surface area contributed by atoms with Crippen molar-refractivity contribution in [2.75, 3.05) is 0 Å². The molecule has 0 saturated heterocycles. The van der Waals surface area contributed by atoms with Crippen LogP contribution in [-0.4, -0.2) is 27.1 Å². The number of amides is 1. The molecule has 4 aromatic rings. The number of hydrazone groups is 1. The monoisotopic (exact) mass is 363 g/mol. The molecule has 0 bridgehead atoms. The first-order valence-electron chi connectivity index (χ1n) is 7.92. The van der Waals surface area contributed by atoms with Crippen molar-refractivity contribution in [2.24, 2.45) is 5.10 Å². The largest absolute Gasteiger partial charge is 0.350 e. The number of rotatable bonds is 4. The molecule has 4 rings (SSSR count). The lowest BCUT2D eigenvalue weighted by Crippen LogP contribution is -2.19. The fourth-order valence-corrected chi connectivity index (χ4v) is 3.04. The Morgan fingerprint density at radius 3 is 2.77 bits per heavy atom. The highest BCUT2D eigenvalue weighted by Gasteiger charge is 2.20. The van der Waals surface area contributed by atoms with Crippen LogP contribution in [0.2, 0.25) is 5.02 Å². The van der Waals surface area contributed by atoms with Crippen LogP contribution >= 0.6 is 11.6 Å². The second-order valence-corrected chi connectivity index (χ2v) is 5.98. The predicted molar refractivity (Wildman–Crippen MR) is 102 cm³/mol. The number of hydrogen-bond acceptors (Lipinski definition) is 3. The number of nitrogens with one attached hydrogen (secondary N) is 3. The maximum atomic E-state index is 12.7. The van der Waals surface area contributed by atoms with Crippen molar-refractivity contribution in [2.45, 2.75) is 0 Å². The smallest absolute Gasteiger partial charge is 0.288 e. The Hall–Kier alpha value is -3.38. The molecule has 2 aromatic heterocycles. The molecule has 1 amide bonds. The summed E-state index contributed by atoms with van der Waals surface area (Å²) in [6.07, 6.45) is 4.72. The number of para-hydroxylation sites is 1. The molecule has 0 unspecified atom stereocenters. The lowest BCUT2D eigenvalue weighted by atomic mass is 10.0. The molecule has 128 valence electrons. The molecule has 0 radical (unpaired) electrons. The minimum Gasteiger partial charge on any atom is -0.350 e. The molecule has 0 aliphatic rings. The number of H-pyrrole nitrogens is 2. The molecule has 7 heteroatoms. The third kappa shape index (κ3) is 2.98. The van der Waals surface area contributed by atoms with Gasteiger partial charge in [0.15, 0.2) is 0 Å². The summed E-state index contributed by atoms with van der Waals surface area (Å²) in [6.45, 7) is 0. The number of imidazole rings is 1. The Kier molecular flexibility index (Phi) is 4.25. The molecule has 26 heavy (non-hydrogen) atoms. The van der Waals surface area contributed by atoms with Gasteiger partial charge < -0.3 is 9.97 Å². The first kappa shape index (κ1) is 16.1. The van der Waals surface area contributed by atoms with Crippen molar-refractivity contribution in [3.05, 3.63) is 77.5 Å². The van der Waals surface area contributed by atoms with E-state index in [1.54, 1.807) is 18.5 Å². The first-order valence-corrected chi connectivity index (χ1v) is 8.30. The minimum absolute atomic E-state index is 0.362. The van der Waals surface area contributed by atoms with Crippen molar-refractivity contribution in [1.82, 2.24) is 20.4 Å². The summed E-state index contributed by atoms with van der Waals surface area (Å²) in [5.74, 6) is 0.187. The summed E-state index contributed by atoms with van der Waals surface area (Å²) in [5, 5.41) is 5.44. The van der Waals surface area contributed by atoms with E-state index in [1.807, 2.05) is 42.5 Å². The predicted octanol–water partition coefficient (Wildman–Crippen LogP) is 3.98. The number of aromatic nitrogens is 3. The van der Waals surface area contributed by atoms with Crippen molar-refractivity contribution >= 4 is 34.6 Å². The fourth-order valence-electron chi connectivity index (χ4n) is 2.81. The Balaban J connectivity index is 1.76. The number of hydrogen-bond donors (Lipinski definition) is 3. The number of benzene rings is 2. The van der Waals surface area contributed by atoms with Crippen LogP contribution in [-0.2, 0) is 0 Å². The van der Waals surface area contributed by atoms with E-state index in [0.29, 0.717) is 16.5 Å². The van der Waals surface area contributed by atoms with Gasteiger partial charge in [-0.1, -0.05) is 48.0 Å². The third-order valence-corrected chi connectivity index (χ3v) is 4.28. The molecular formula is C19H14ClN5O. The normalized spacial score (nSPS) is 11.3. The molecular weight excluding hydrogens is 350 g/mol. The molecule has 6 nitrogen and oxygen atoms in total. The second-order valence-electron chi connectivity index (χ2n) is 5.57. The van der Waals surface area contributed by atoms with E-state index in [2.05, 4.69) is 25.5 Å². The summed E-state index contributed by atoms with van der Waals surface area (Å²) >= 11 is 6.38. The average molecular weight is 364 g/mol. The van der Waals surface area contributed by atoms with Gasteiger partial charge in [0, 0.05) is 39.4 Å². The minimum atomic E-state index is -0.362. The van der Waals surface area contributed by atoms with Crippen LogP contribution in [0.4, 0.5) is 0 Å². The van der Waals surface area contributed by atoms with Crippen molar-refractivity contribution in [1.29, 1.82) is 0 Å². The van der Waals surface area contributed by atoms with Crippen molar-refractivity contribution in [3.8, 4) is 11.1 Å². The van der Waals surface area contributed by atoms with Gasteiger partial charge in [-0.2, -0.15) is 5.10 Å². The van der Waals surface area contributed by atoms with E-state index in [-0.39, 0.29) is 5.91 Å². The van der Waals surface area contributed by atoms with Gasteiger partial charge in [0.25, 0.3) is 5.91 Å². The highest BCUT2D eigenvalue weighted by molar-refractivity contribution is 6.34. The van der Waals surface area contributed by atoms with E-state index < -0.39 is 0 Å². The maximum Gasteiger partial charge on any atom is 0.288 e. The van der Waals surface area contributed by atoms with Gasteiger partial charge in [0.05, 0.1) is 6.21 Å². The van der Waals surface area contributed by atoms with E-state index in [9.17, 15) is 4.79 Å². The average Bonchev–Trinajstić information content (AvgIpc) is 3.30. The second kappa shape index (κ2) is 6.85. The van der Waals surface area contributed by atoms with Gasteiger partial charge >= 0.3 is 0 Å². The molecule has 0 atom stereocenters. The number of carbonyl (C=O) groups is 1. The van der Waals surface area contributed by atoms with Crippen molar-refractivity contribution < 1.29 is 4.79 Å². The Bertz CT molecular complexity index is 1100. The Labute approximate surface area is 153 Å². The SMILES string of the molecule is O=C(N/N=C\c1ncc[nH]1)c1[nH]c2ccccc2c1-c1ccccc1Cl. The summed E-state index contributed by atoms with van der Waals surface area (Å²) in [7, 11) is 0. The number of nitrogens with zero attached hydrogens (tertiary/aromatic N) is 2. The van der Waals surface area contributed by atoms with Crippen LogP contribution in [0.3, 0.4) is 0 Å². The zero-order valence-corrected chi connectivity index (χ0v) is 14.3. The molecule has 0 fully saturated rings. The summed E-state index contributed by atoms with van der Waals surface area (Å²) < 4.78 is 0. The van der Waals surface area contributed by atoms with E-state index >= 15 is 0 Å². The Morgan fingerprint density at radius 1 is 1.15 bits per heavy atom. The number of aromatic amines is 2. The standard InChI is InChI=1S/C19H14ClN5O/c20-14-7-3-1-5-12(14)17-13-6-2-4-8-15(13)24-18(17)19(26)25-23-11-16-21-9-10-22-16/h1-11,24H,(H,21,22)(H,25,26)/b23-11-. The Morgan fingerprint density at radius 2 is 1.96 bits per heavy atom. The number of fused-ring (bicyclic) bond motifs is 1. The van der Waals surface area contributed by atoms with Crippen LogP contribution in [0.5, 0.6) is 0 Å². The zero-order valence-electron chi connectivity index (χ0n) is 13.5. The quantitative estimate of drug-likeness (QED) is 0.378. The van der Waals surface area contributed by atoms with Crippen LogP contribution < -0.4 is 5.43 Å². The maximum absolute atomic E-state index is 12.7. The molecule has 3 N–H and O–H groups in total. The topological polar surface area (TPSA) is 85.9 Å². The lowest BCUT2D eigenvalue weighted by Gasteiger charge is -2.06. The number of halogens is 1. The molecule has 2 aromatic carbocycles. The molecule has 0 saturated carbocycles. The van der Waals surface area contributed by atoms with Gasteiger partial charge in [-0.25, -0.2) is 10.4 Å². The van der Waals surface area contributed by atoms with Crippen LogP contribution in [0, 0.1) is 0 Å². The van der Waals surface area contributed by atoms with Crippen molar-refractivity contribution in [3.63, 3.8) is 0 Å². The zero-order chi connectivity index (χ0) is 17.9. The summed E-state index contributed by atoms with van der Waals surface area (Å²) in [4.78, 5) is 22.8.